The highest BCUT2D eigenvalue weighted by Gasteiger charge is 2.28. The van der Waals surface area contributed by atoms with E-state index in [1.165, 1.54) is 16.8 Å². The lowest BCUT2D eigenvalue weighted by atomic mass is 9.96. The van der Waals surface area contributed by atoms with Crippen LogP contribution in [0, 0.1) is 0 Å². The summed E-state index contributed by atoms with van der Waals surface area (Å²) in [5.41, 5.74) is 3.85. The number of hydrogen-bond acceptors (Lipinski definition) is 4. The summed E-state index contributed by atoms with van der Waals surface area (Å²) < 4.78 is 12.8. The number of furan rings is 1. The average Bonchev–Trinajstić information content (AvgIpc) is 3.07. The van der Waals surface area contributed by atoms with Crippen LogP contribution in [0.5, 0.6) is 0 Å². The van der Waals surface area contributed by atoms with Crippen LogP contribution < -0.4 is 0 Å². The minimum absolute atomic E-state index is 0.387. The van der Waals surface area contributed by atoms with Crippen molar-refractivity contribution in [2.45, 2.75) is 25.9 Å². The number of fused-ring (bicyclic) bond motifs is 1. The Hall–Kier alpha value is -1.59. The first-order chi connectivity index (χ1) is 9.78. The van der Waals surface area contributed by atoms with E-state index in [4.69, 9.17) is 9.15 Å². The van der Waals surface area contributed by atoms with Gasteiger partial charge in [-0.1, -0.05) is 0 Å². The molecule has 2 aromatic heterocycles. The van der Waals surface area contributed by atoms with E-state index in [1.54, 1.807) is 6.26 Å². The molecule has 0 spiro atoms. The quantitative estimate of drug-likeness (QED) is 0.838. The lowest BCUT2D eigenvalue weighted by Gasteiger charge is -2.32. The SMILES string of the molecule is CCOC[C@H]1CN(Cc2ccoc2)Cc2cnn(C)c21. The maximum atomic E-state index is 5.65. The average molecular weight is 275 g/mol. The van der Waals surface area contributed by atoms with Crippen LogP contribution in [-0.2, 0) is 24.9 Å². The fourth-order valence-electron chi connectivity index (χ4n) is 3.00. The molecular formula is C15H21N3O2. The monoisotopic (exact) mass is 275 g/mol. The normalized spacial score (nSPS) is 19.2. The van der Waals surface area contributed by atoms with Gasteiger partial charge >= 0.3 is 0 Å². The predicted molar refractivity (Wildman–Crippen MR) is 75.3 cm³/mol. The van der Waals surface area contributed by atoms with E-state index in [1.807, 2.05) is 37.2 Å². The molecule has 108 valence electrons. The van der Waals surface area contributed by atoms with E-state index in [0.717, 1.165) is 32.8 Å². The van der Waals surface area contributed by atoms with E-state index in [9.17, 15) is 0 Å². The number of aryl methyl sites for hydroxylation is 1. The standard InChI is InChI=1S/C15H21N3O2/c1-3-19-11-14-9-18(7-12-4-5-20-10-12)8-13-6-16-17(2)15(13)14/h4-6,10,14H,3,7-9,11H2,1-2H3/t14-/m1/s1. The van der Waals surface area contributed by atoms with Crippen molar-refractivity contribution in [3.05, 3.63) is 41.6 Å². The smallest absolute Gasteiger partial charge is 0.0947 e. The molecule has 5 heteroatoms. The second-order valence-corrected chi connectivity index (χ2v) is 5.34. The molecule has 0 radical (unpaired) electrons. The molecule has 0 saturated carbocycles. The van der Waals surface area contributed by atoms with Crippen molar-refractivity contribution >= 4 is 0 Å². The summed E-state index contributed by atoms with van der Waals surface area (Å²) in [6.07, 6.45) is 5.53. The van der Waals surface area contributed by atoms with Crippen LogP contribution in [0.1, 0.15) is 29.7 Å². The zero-order valence-electron chi connectivity index (χ0n) is 12.1. The van der Waals surface area contributed by atoms with Gasteiger partial charge in [0, 0.05) is 56.0 Å². The molecule has 5 nitrogen and oxygen atoms in total. The maximum Gasteiger partial charge on any atom is 0.0947 e. The topological polar surface area (TPSA) is 43.4 Å². The van der Waals surface area contributed by atoms with Gasteiger partial charge in [-0.05, 0) is 13.0 Å². The van der Waals surface area contributed by atoms with E-state index < -0.39 is 0 Å². The van der Waals surface area contributed by atoms with Crippen LogP contribution in [0.4, 0.5) is 0 Å². The van der Waals surface area contributed by atoms with Crippen molar-refractivity contribution < 1.29 is 9.15 Å². The summed E-state index contributed by atoms with van der Waals surface area (Å²) in [7, 11) is 2.02. The number of aromatic nitrogens is 2. The Morgan fingerprint density at radius 2 is 2.40 bits per heavy atom. The van der Waals surface area contributed by atoms with Gasteiger partial charge in [0.2, 0.25) is 0 Å². The van der Waals surface area contributed by atoms with E-state index in [2.05, 4.69) is 10.00 Å². The highest BCUT2D eigenvalue weighted by Crippen LogP contribution is 2.29. The second-order valence-electron chi connectivity index (χ2n) is 5.34. The van der Waals surface area contributed by atoms with Gasteiger partial charge in [-0.25, -0.2) is 0 Å². The molecule has 2 aromatic rings. The second kappa shape index (κ2) is 5.81. The van der Waals surface area contributed by atoms with Gasteiger partial charge in [-0.3, -0.25) is 9.58 Å². The van der Waals surface area contributed by atoms with Crippen LogP contribution in [0.3, 0.4) is 0 Å². The first-order valence-electron chi connectivity index (χ1n) is 7.10. The number of rotatable bonds is 5. The van der Waals surface area contributed by atoms with Crippen molar-refractivity contribution in [3.63, 3.8) is 0 Å². The Bertz CT molecular complexity index is 547. The molecule has 20 heavy (non-hydrogen) atoms. The summed E-state index contributed by atoms with van der Waals surface area (Å²) in [5, 5.41) is 4.40. The first kappa shape index (κ1) is 13.4. The van der Waals surface area contributed by atoms with Gasteiger partial charge in [-0.2, -0.15) is 5.10 Å². The Kier molecular flexibility index (Phi) is 3.89. The van der Waals surface area contributed by atoms with Crippen LogP contribution in [0.15, 0.2) is 29.2 Å². The summed E-state index contributed by atoms with van der Waals surface area (Å²) >= 11 is 0. The number of nitrogens with zero attached hydrogens (tertiary/aromatic N) is 3. The molecule has 0 fully saturated rings. The summed E-state index contributed by atoms with van der Waals surface area (Å²) in [6, 6.07) is 2.02. The zero-order chi connectivity index (χ0) is 13.9. The first-order valence-corrected chi connectivity index (χ1v) is 7.10. The molecule has 1 aliphatic rings. The lowest BCUT2D eigenvalue weighted by molar-refractivity contribution is 0.102. The van der Waals surface area contributed by atoms with E-state index in [0.29, 0.717) is 5.92 Å². The molecule has 0 aliphatic carbocycles. The third-order valence-corrected chi connectivity index (χ3v) is 3.83. The molecular weight excluding hydrogens is 254 g/mol. The fourth-order valence-corrected chi connectivity index (χ4v) is 3.00. The highest BCUT2D eigenvalue weighted by atomic mass is 16.5. The third kappa shape index (κ3) is 2.64. The summed E-state index contributed by atoms with van der Waals surface area (Å²) in [6.45, 7) is 6.40. The van der Waals surface area contributed by atoms with Gasteiger partial charge in [0.15, 0.2) is 0 Å². The Balaban J connectivity index is 1.77. The van der Waals surface area contributed by atoms with Crippen LogP contribution in [-0.4, -0.2) is 34.4 Å². The minimum Gasteiger partial charge on any atom is -0.472 e. The molecule has 1 aliphatic heterocycles. The molecule has 1 atom stereocenters. The Labute approximate surface area is 119 Å². The van der Waals surface area contributed by atoms with Crippen LogP contribution in [0.25, 0.3) is 0 Å². The zero-order valence-corrected chi connectivity index (χ0v) is 12.1. The number of ether oxygens (including phenoxy) is 1. The Morgan fingerprint density at radius 1 is 1.50 bits per heavy atom. The van der Waals surface area contributed by atoms with Crippen molar-refractivity contribution in [3.8, 4) is 0 Å². The molecule has 3 heterocycles. The molecule has 0 unspecified atom stereocenters. The maximum absolute atomic E-state index is 5.65. The molecule has 3 rings (SSSR count). The molecule has 0 amide bonds. The van der Waals surface area contributed by atoms with Gasteiger partial charge < -0.3 is 9.15 Å². The van der Waals surface area contributed by atoms with Crippen molar-refractivity contribution in [1.82, 2.24) is 14.7 Å². The predicted octanol–water partition coefficient (Wildman–Crippen LogP) is 2.15. The molecule has 0 N–H and O–H groups in total. The van der Waals surface area contributed by atoms with E-state index >= 15 is 0 Å². The lowest BCUT2D eigenvalue weighted by Crippen LogP contribution is -2.35. The molecule has 0 bridgehead atoms. The van der Waals surface area contributed by atoms with E-state index in [-0.39, 0.29) is 0 Å². The van der Waals surface area contributed by atoms with Crippen molar-refractivity contribution in [1.29, 1.82) is 0 Å². The molecule has 0 saturated heterocycles. The van der Waals surface area contributed by atoms with Gasteiger partial charge in [0.05, 0.1) is 25.3 Å². The van der Waals surface area contributed by atoms with Gasteiger partial charge in [0.25, 0.3) is 0 Å². The largest absolute Gasteiger partial charge is 0.472 e. The highest BCUT2D eigenvalue weighted by molar-refractivity contribution is 5.25. The van der Waals surface area contributed by atoms with Crippen LogP contribution in [0.2, 0.25) is 0 Å². The Morgan fingerprint density at radius 3 is 3.15 bits per heavy atom. The van der Waals surface area contributed by atoms with Crippen LogP contribution >= 0.6 is 0 Å². The minimum atomic E-state index is 0.387. The molecule has 0 aromatic carbocycles. The third-order valence-electron chi connectivity index (χ3n) is 3.83. The van der Waals surface area contributed by atoms with Crippen molar-refractivity contribution in [2.75, 3.05) is 19.8 Å². The number of hydrogen-bond donors (Lipinski definition) is 0. The fraction of sp³-hybridized carbons (Fsp3) is 0.533. The summed E-state index contributed by atoms with van der Waals surface area (Å²) in [5.74, 6) is 0.387. The van der Waals surface area contributed by atoms with Gasteiger partial charge in [-0.15, -0.1) is 0 Å². The van der Waals surface area contributed by atoms with Gasteiger partial charge in [0.1, 0.15) is 0 Å². The summed E-state index contributed by atoms with van der Waals surface area (Å²) in [4.78, 5) is 2.43. The van der Waals surface area contributed by atoms with Crippen molar-refractivity contribution in [2.24, 2.45) is 7.05 Å².